The van der Waals surface area contributed by atoms with E-state index >= 15 is 0 Å². The molecule has 0 radical (unpaired) electrons. The lowest BCUT2D eigenvalue weighted by molar-refractivity contribution is 0.101. The topological polar surface area (TPSA) is 153 Å². The summed E-state index contributed by atoms with van der Waals surface area (Å²) in [5, 5.41) is 14.7. The zero-order chi connectivity index (χ0) is 20.2. The predicted molar refractivity (Wildman–Crippen MR) is 106 cm³/mol. The summed E-state index contributed by atoms with van der Waals surface area (Å²) < 4.78 is 1.59. The number of nitrogens with two attached hydrogens (primary N) is 1. The van der Waals surface area contributed by atoms with E-state index in [1.54, 1.807) is 42.6 Å². The highest BCUT2D eigenvalue weighted by molar-refractivity contribution is 7.99. The van der Waals surface area contributed by atoms with E-state index in [1.807, 2.05) is 12.1 Å². The maximum atomic E-state index is 12.9. The molecule has 146 valence electrons. The van der Waals surface area contributed by atoms with Crippen molar-refractivity contribution in [2.75, 3.05) is 11.1 Å². The smallest absolute Gasteiger partial charge is 0.278 e. The van der Waals surface area contributed by atoms with Crippen molar-refractivity contribution in [1.29, 1.82) is 0 Å². The molecule has 4 aromatic rings. The van der Waals surface area contributed by atoms with Crippen LogP contribution in [0.15, 0.2) is 63.1 Å². The van der Waals surface area contributed by atoms with Crippen LogP contribution < -0.4 is 11.1 Å². The fourth-order valence-electron chi connectivity index (χ4n) is 2.21. The normalized spacial score (nSPS) is 10.8. The van der Waals surface area contributed by atoms with Gasteiger partial charge in [0.1, 0.15) is 10.1 Å². The second-order valence-electron chi connectivity index (χ2n) is 5.58. The van der Waals surface area contributed by atoms with Crippen LogP contribution >= 0.6 is 23.5 Å². The van der Waals surface area contributed by atoms with E-state index in [1.165, 1.54) is 11.8 Å². The Hall–Kier alpha value is -3.45. The van der Waals surface area contributed by atoms with Crippen molar-refractivity contribution in [2.24, 2.45) is 7.05 Å². The second kappa shape index (κ2) is 8.28. The van der Waals surface area contributed by atoms with Crippen molar-refractivity contribution < 1.29 is 4.79 Å². The lowest BCUT2D eigenvalue weighted by Crippen LogP contribution is -2.16. The van der Waals surface area contributed by atoms with Gasteiger partial charge in [-0.3, -0.25) is 14.5 Å². The maximum absolute atomic E-state index is 12.9. The van der Waals surface area contributed by atoms with Crippen LogP contribution in [-0.4, -0.2) is 45.8 Å². The minimum atomic E-state index is -0.426. The molecule has 0 saturated heterocycles. The molecule has 0 aliphatic rings. The summed E-state index contributed by atoms with van der Waals surface area (Å²) in [6.45, 7) is 0. The average Bonchev–Trinajstić information content (AvgIpc) is 3.31. The molecule has 4 rings (SSSR count). The monoisotopic (exact) mass is 426 g/mol. The standard InChI is InChI=1S/C16H14N10OS2/c1-26-7-4-10(25-26)20-13(27)12-14(28-9-2-5-18-6-3-9)19-8-11(21-12)29-16-22-15(17)23-24-16/h2-8H,1H3,(H,20,25,27)(H3,17,22,23,24). The van der Waals surface area contributed by atoms with Gasteiger partial charge >= 0.3 is 0 Å². The van der Waals surface area contributed by atoms with Gasteiger partial charge in [-0.05, 0) is 23.9 Å². The number of nitrogens with zero attached hydrogens (tertiary/aromatic N) is 7. The number of aromatic amines is 1. The molecule has 0 fully saturated rings. The number of amides is 1. The molecule has 29 heavy (non-hydrogen) atoms. The Bertz CT molecular complexity index is 1140. The van der Waals surface area contributed by atoms with E-state index in [0.29, 0.717) is 21.0 Å². The van der Waals surface area contributed by atoms with Crippen LogP contribution in [0.4, 0.5) is 11.8 Å². The third-order valence-electron chi connectivity index (χ3n) is 3.43. The molecule has 4 heterocycles. The lowest BCUT2D eigenvalue weighted by Gasteiger charge is -2.08. The largest absolute Gasteiger partial charge is 0.368 e. The first-order valence-corrected chi connectivity index (χ1v) is 9.82. The van der Waals surface area contributed by atoms with E-state index < -0.39 is 5.91 Å². The van der Waals surface area contributed by atoms with Crippen molar-refractivity contribution in [1.82, 2.24) is 39.9 Å². The number of nitrogens with one attached hydrogen (secondary N) is 2. The maximum Gasteiger partial charge on any atom is 0.278 e. The first kappa shape index (κ1) is 18.9. The van der Waals surface area contributed by atoms with Crippen molar-refractivity contribution >= 4 is 41.2 Å². The molecule has 11 nitrogen and oxygen atoms in total. The van der Waals surface area contributed by atoms with Gasteiger partial charge in [0.25, 0.3) is 5.91 Å². The number of hydrogen-bond donors (Lipinski definition) is 3. The van der Waals surface area contributed by atoms with E-state index in [2.05, 4.69) is 40.5 Å². The number of aromatic nitrogens is 8. The van der Waals surface area contributed by atoms with E-state index in [-0.39, 0.29) is 11.6 Å². The van der Waals surface area contributed by atoms with Gasteiger partial charge in [-0.25, -0.2) is 15.1 Å². The third kappa shape index (κ3) is 4.70. The van der Waals surface area contributed by atoms with Crippen LogP contribution in [0.5, 0.6) is 0 Å². The molecule has 0 aliphatic carbocycles. The summed E-state index contributed by atoms with van der Waals surface area (Å²) in [7, 11) is 1.76. The lowest BCUT2D eigenvalue weighted by atomic mass is 10.4. The average molecular weight is 426 g/mol. The summed E-state index contributed by atoms with van der Waals surface area (Å²) in [6.07, 6.45) is 6.62. The first-order valence-electron chi connectivity index (χ1n) is 8.18. The Morgan fingerprint density at radius 3 is 2.72 bits per heavy atom. The van der Waals surface area contributed by atoms with Gasteiger partial charge in [0.15, 0.2) is 11.5 Å². The Balaban J connectivity index is 1.64. The highest BCUT2D eigenvalue weighted by Gasteiger charge is 2.19. The van der Waals surface area contributed by atoms with Crippen molar-refractivity contribution in [3.8, 4) is 0 Å². The minimum Gasteiger partial charge on any atom is -0.368 e. The van der Waals surface area contributed by atoms with Gasteiger partial charge in [-0.2, -0.15) is 10.1 Å². The summed E-state index contributed by atoms with van der Waals surface area (Å²) in [4.78, 5) is 30.7. The van der Waals surface area contributed by atoms with Crippen molar-refractivity contribution in [3.05, 3.63) is 48.7 Å². The minimum absolute atomic E-state index is 0.158. The van der Waals surface area contributed by atoms with E-state index in [4.69, 9.17) is 5.73 Å². The number of rotatable bonds is 6. The summed E-state index contributed by atoms with van der Waals surface area (Å²) in [5.74, 6) is 0.183. The van der Waals surface area contributed by atoms with Gasteiger partial charge in [-0.15, -0.1) is 5.10 Å². The molecule has 4 aromatic heterocycles. The Labute approximate surface area is 173 Å². The second-order valence-corrected chi connectivity index (χ2v) is 7.63. The molecule has 1 amide bonds. The number of pyridine rings is 1. The zero-order valence-corrected chi connectivity index (χ0v) is 16.6. The van der Waals surface area contributed by atoms with Crippen LogP contribution in [0.25, 0.3) is 0 Å². The zero-order valence-electron chi connectivity index (χ0n) is 15.0. The number of carbonyl (C=O) groups excluding carboxylic acids is 1. The number of aryl methyl sites for hydroxylation is 1. The fraction of sp³-hybridized carbons (Fsp3) is 0.0625. The molecule has 4 N–H and O–H groups in total. The molecular weight excluding hydrogens is 412 g/mol. The molecule has 0 aromatic carbocycles. The molecule has 0 atom stereocenters. The number of anilines is 2. The molecule has 13 heteroatoms. The number of H-pyrrole nitrogens is 1. The van der Waals surface area contributed by atoms with Crippen LogP contribution in [0.2, 0.25) is 0 Å². The van der Waals surface area contributed by atoms with Gasteiger partial charge in [0.2, 0.25) is 11.1 Å². The summed E-state index contributed by atoms with van der Waals surface area (Å²) >= 11 is 2.45. The van der Waals surface area contributed by atoms with Gasteiger partial charge < -0.3 is 11.1 Å². The van der Waals surface area contributed by atoms with Crippen molar-refractivity contribution in [2.45, 2.75) is 20.1 Å². The SMILES string of the molecule is Cn1ccc(NC(=O)c2nc(Sc3n[nH]c(N)n3)cnc2Sc2ccncc2)n1. The van der Waals surface area contributed by atoms with E-state index in [9.17, 15) is 4.79 Å². The molecule has 0 spiro atoms. The van der Waals surface area contributed by atoms with Crippen molar-refractivity contribution in [3.63, 3.8) is 0 Å². The summed E-state index contributed by atoms with van der Waals surface area (Å²) in [6, 6.07) is 5.34. The fourth-order valence-corrected chi connectivity index (χ4v) is 3.69. The number of carbonyl (C=O) groups is 1. The highest BCUT2D eigenvalue weighted by atomic mass is 32.2. The molecular formula is C16H14N10OS2. The summed E-state index contributed by atoms with van der Waals surface area (Å²) in [5.41, 5.74) is 5.71. The first-order chi connectivity index (χ1) is 14.1. The van der Waals surface area contributed by atoms with Gasteiger partial charge in [0.05, 0.1) is 6.20 Å². The number of hydrogen-bond acceptors (Lipinski definition) is 10. The van der Waals surface area contributed by atoms with Crippen LogP contribution in [0.1, 0.15) is 10.5 Å². The Morgan fingerprint density at radius 2 is 2.03 bits per heavy atom. The Morgan fingerprint density at radius 1 is 1.21 bits per heavy atom. The Kier molecular flexibility index (Phi) is 5.39. The molecule has 0 bridgehead atoms. The van der Waals surface area contributed by atoms with Gasteiger partial charge in [0, 0.05) is 36.6 Å². The number of nitrogen functional groups attached to an aromatic ring is 1. The predicted octanol–water partition coefficient (Wildman–Crippen LogP) is 1.86. The van der Waals surface area contributed by atoms with Crippen LogP contribution in [0.3, 0.4) is 0 Å². The molecule has 0 saturated carbocycles. The van der Waals surface area contributed by atoms with Gasteiger partial charge in [-0.1, -0.05) is 11.8 Å². The quantitative estimate of drug-likeness (QED) is 0.416. The molecule has 0 aliphatic heterocycles. The van der Waals surface area contributed by atoms with Crippen LogP contribution in [-0.2, 0) is 7.05 Å². The van der Waals surface area contributed by atoms with Crippen LogP contribution in [0, 0.1) is 0 Å². The third-order valence-corrected chi connectivity index (χ3v) is 5.20. The molecule has 0 unspecified atom stereocenters. The van der Waals surface area contributed by atoms with E-state index in [0.717, 1.165) is 16.7 Å². The highest BCUT2D eigenvalue weighted by Crippen LogP contribution is 2.30.